The standard InChI is InChI=1S/C14H22ClNO3/c1-3-16-8-11-7-12(15)5-6-14(11)19-10-13(17)9-18-4-2/h5-7,13,16-17H,3-4,8-10H2,1-2H3. The molecule has 0 spiro atoms. The molecular formula is C14H22ClNO3. The molecule has 0 aromatic heterocycles. The fourth-order valence-corrected chi connectivity index (χ4v) is 1.77. The van der Waals surface area contributed by atoms with Crippen LogP contribution in [0.3, 0.4) is 0 Å². The Hall–Kier alpha value is -0.810. The lowest BCUT2D eigenvalue weighted by Crippen LogP contribution is -2.24. The first-order valence-corrected chi connectivity index (χ1v) is 6.92. The van der Waals surface area contributed by atoms with Crippen molar-refractivity contribution in [2.75, 3.05) is 26.4 Å². The zero-order chi connectivity index (χ0) is 14.1. The maximum absolute atomic E-state index is 9.67. The molecule has 2 N–H and O–H groups in total. The molecule has 0 aliphatic carbocycles. The molecule has 0 radical (unpaired) electrons. The number of halogens is 1. The number of nitrogens with one attached hydrogen (secondary N) is 1. The smallest absolute Gasteiger partial charge is 0.124 e. The average Bonchev–Trinajstić information content (AvgIpc) is 2.41. The largest absolute Gasteiger partial charge is 0.490 e. The molecule has 1 rings (SSSR count). The van der Waals surface area contributed by atoms with Gasteiger partial charge in [-0.1, -0.05) is 18.5 Å². The number of aliphatic hydroxyl groups is 1. The first-order valence-electron chi connectivity index (χ1n) is 6.55. The van der Waals surface area contributed by atoms with Gasteiger partial charge in [0.2, 0.25) is 0 Å². The van der Waals surface area contributed by atoms with Crippen LogP contribution in [0.5, 0.6) is 5.75 Å². The lowest BCUT2D eigenvalue weighted by molar-refractivity contribution is 0.0162. The lowest BCUT2D eigenvalue weighted by Gasteiger charge is -2.15. The summed E-state index contributed by atoms with van der Waals surface area (Å²) >= 11 is 5.97. The van der Waals surface area contributed by atoms with Gasteiger partial charge in [-0.2, -0.15) is 0 Å². The number of benzene rings is 1. The third kappa shape index (κ3) is 6.25. The van der Waals surface area contributed by atoms with E-state index in [9.17, 15) is 5.11 Å². The molecule has 0 bridgehead atoms. The number of rotatable bonds is 9. The van der Waals surface area contributed by atoms with Crippen LogP contribution < -0.4 is 10.1 Å². The van der Waals surface area contributed by atoms with Gasteiger partial charge in [-0.15, -0.1) is 0 Å². The van der Waals surface area contributed by atoms with E-state index in [1.54, 1.807) is 6.07 Å². The van der Waals surface area contributed by atoms with Gasteiger partial charge < -0.3 is 19.9 Å². The molecule has 1 aromatic carbocycles. The van der Waals surface area contributed by atoms with Crippen LogP contribution in [0.15, 0.2) is 18.2 Å². The fraction of sp³-hybridized carbons (Fsp3) is 0.571. The molecule has 0 aliphatic heterocycles. The van der Waals surface area contributed by atoms with Gasteiger partial charge >= 0.3 is 0 Å². The van der Waals surface area contributed by atoms with Gasteiger partial charge in [-0.3, -0.25) is 0 Å². The van der Waals surface area contributed by atoms with Gasteiger partial charge in [0.05, 0.1) is 6.61 Å². The third-order valence-corrected chi connectivity index (χ3v) is 2.77. The van der Waals surface area contributed by atoms with E-state index in [4.69, 9.17) is 21.1 Å². The van der Waals surface area contributed by atoms with Crippen LogP contribution in [0.4, 0.5) is 0 Å². The number of aliphatic hydroxyl groups excluding tert-OH is 1. The van der Waals surface area contributed by atoms with Crippen molar-refractivity contribution >= 4 is 11.6 Å². The van der Waals surface area contributed by atoms with Crippen LogP contribution in [0, 0.1) is 0 Å². The van der Waals surface area contributed by atoms with Crippen LogP contribution >= 0.6 is 11.6 Å². The summed E-state index contributed by atoms with van der Waals surface area (Å²) in [6, 6.07) is 5.47. The van der Waals surface area contributed by atoms with E-state index in [0.29, 0.717) is 18.2 Å². The maximum Gasteiger partial charge on any atom is 0.124 e. The summed E-state index contributed by atoms with van der Waals surface area (Å²) in [5.41, 5.74) is 0.984. The highest BCUT2D eigenvalue weighted by Crippen LogP contribution is 2.23. The Morgan fingerprint density at radius 2 is 2.11 bits per heavy atom. The van der Waals surface area contributed by atoms with E-state index in [1.165, 1.54) is 0 Å². The number of hydrogen-bond acceptors (Lipinski definition) is 4. The zero-order valence-corrected chi connectivity index (χ0v) is 12.2. The fourth-order valence-electron chi connectivity index (χ4n) is 1.57. The van der Waals surface area contributed by atoms with Crippen molar-refractivity contribution in [3.05, 3.63) is 28.8 Å². The molecule has 108 valence electrons. The molecule has 0 saturated carbocycles. The Morgan fingerprint density at radius 1 is 1.32 bits per heavy atom. The summed E-state index contributed by atoms with van der Waals surface area (Å²) in [4.78, 5) is 0. The minimum absolute atomic E-state index is 0.209. The quantitative estimate of drug-likeness (QED) is 0.731. The zero-order valence-electron chi connectivity index (χ0n) is 11.5. The monoisotopic (exact) mass is 287 g/mol. The lowest BCUT2D eigenvalue weighted by atomic mass is 10.2. The Balaban J connectivity index is 2.56. The normalized spacial score (nSPS) is 12.4. The van der Waals surface area contributed by atoms with Crippen LogP contribution in [0.2, 0.25) is 5.02 Å². The van der Waals surface area contributed by atoms with Crippen molar-refractivity contribution in [1.82, 2.24) is 5.32 Å². The van der Waals surface area contributed by atoms with Crippen molar-refractivity contribution in [1.29, 1.82) is 0 Å². The van der Waals surface area contributed by atoms with E-state index in [0.717, 1.165) is 17.9 Å². The topological polar surface area (TPSA) is 50.7 Å². The van der Waals surface area contributed by atoms with Gasteiger partial charge in [0.25, 0.3) is 0 Å². The highest BCUT2D eigenvalue weighted by molar-refractivity contribution is 6.30. The maximum atomic E-state index is 9.67. The minimum atomic E-state index is -0.623. The van der Waals surface area contributed by atoms with E-state index in [-0.39, 0.29) is 13.2 Å². The van der Waals surface area contributed by atoms with Gasteiger partial charge in [-0.05, 0) is 31.7 Å². The third-order valence-electron chi connectivity index (χ3n) is 2.53. The molecule has 1 unspecified atom stereocenters. The van der Waals surface area contributed by atoms with Crippen LogP contribution in [-0.2, 0) is 11.3 Å². The van der Waals surface area contributed by atoms with Crippen molar-refractivity contribution in [3.63, 3.8) is 0 Å². The summed E-state index contributed by atoms with van der Waals surface area (Å²) in [7, 11) is 0. The van der Waals surface area contributed by atoms with Gasteiger partial charge in [0, 0.05) is 23.7 Å². The second-order valence-electron chi connectivity index (χ2n) is 4.16. The second-order valence-corrected chi connectivity index (χ2v) is 4.59. The van der Waals surface area contributed by atoms with Crippen molar-refractivity contribution in [3.8, 4) is 5.75 Å². The highest BCUT2D eigenvalue weighted by atomic mass is 35.5. The van der Waals surface area contributed by atoms with Gasteiger partial charge in [0.15, 0.2) is 0 Å². The molecule has 5 heteroatoms. The van der Waals surface area contributed by atoms with E-state index in [1.807, 2.05) is 26.0 Å². The molecule has 0 saturated heterocycles. The Kier molecular flexibility index (Phi) is 7.82. The first-order chi connectivity index (χ1) is 9.17. The van der Waals surface area contributed by atoms with E-state index < -0.39 is 6.10 Å². The Bertz CT molecular complexity index is 374. The molecule has 0 fully saturated rings. The number of ether oxygens (including phenoxy) is 2. The van der Waals surface area contributed by atoms with Crippen LogP contribution in [0.1, 0.15) is 19.4 Å². The molecule has 0 heterocycles. The predicted octanol–water partition coefficient (Wildman–Crippen LogP) is 2.23. The van der Waals surface area contributed by atoms with E-state index in [2.05, 4.69) is 5.32 Å². The predicted molar refractivity (Wildman–Crippen MR) is 76.8 cm³/mol. The van der Waals surface area contributed by atoms with Crippen LogP contribution in [0.25, 0.3) is 0 Å². The molecule has 1 atom stereocenters. The molecule has 4 nitrogen and oxygen atoms in total. The molecule has 0 aliphatic rings. The Labute approximate surface area is 119 Å². The van der Waals surface area contributed by atoms with Crippen LogP contribution in [-0.4, -0.2) is 37.6 Å². The summed E-state index contributed by atoms with van der Waals surface area (Å²) in [5, 5.41) is 13.6. The average molecular weight is 288 g/mol. The number of hydrogen-bond donors (Lipinski definition) is 2. The molecular weight excluding hydrogens is 266 g/mol. The molecule has 19 heavy (non-hydrogen) atoms. The summed E-state index contributed by atoms with van der Waals surface area (Å²) < 4.78 is 10.8. The van der Waals surface area contributed by atoms with Crippen molar-refractivity contribution in [2.24, 2.45) is 0 Å². The minimum Gasteiger partial charge on any atom is -0.490 e. The van der Waals surface area contributed by atoms with Gasteiger partial charge in [-0.25, -0.2) is 0 Å². The SMILES string of the molecule is CCNCc1cc(Cl)ccc1OCC(O)COCC. The second kappa shape index (κ2) is 9.15. The van der Waals surface area contributed by atoms with Crippen molar-refractivity contribution < 1.29 is 14.6 Å². The Morgan fingerprint density at radius 3 is 2.79 bits per heavy atom. The van der Waals surface area contributed by atoms with E-state index >= 15 is 0 Å². The van der Waals surface area contributed by atoms with Gasteiger partial charge in [0.1, 0.15) is 18.5 Å². The van der Waals surface area contributed by atoms with Crippen molar-refractivity contribution in [2.45, 2.75) is 26.5 Å². The first kappa shape index (κ1) is 16.2. The summed E-state index contributed by atoms with van der Waals surface area (Å²) in [6.07, 6.45) is -0.623. The summed E-state index contributed by atoms with van der Waals surface area (Å²) in [5.74, 6) is 0.737. The molecule has 0 amide bonds. The molecule has 1 aromatic rings. The highest BCUT2D eigenvalue weighted by Gasteiger charge is 2.08. The summed E-state index contributed by atoms with van der Waals surface area (Å²) in [6.45, 7) is 6.57.